The summed E-state index contributed by atoms with van der Waals surface area (Å²) in [5, 5.41) is 0. The van der Waals surface area contributed by atoms with Crippen molar-refractivity contribution >= 4 is 59.5 Å². The van der Waals surface area contributed by atoms with Crippen LogP contribution < -0.4 is 5.73 Å². The molecule has 0 unspecified atom stereocenters. The quantitative estimate of drug-likeness (QED) is 0.382. The molecular weight excluding hydrogens is 722 g/mol. The molecule has 7 heteroatoms. The molecule has 0 aliphatic carbocycles. The minimum absolute atomic E-state index is 0. The van der Waals surface area contributed by atoms with Crippen molar-refractivity contribution in [2.75, 3.05) is 7.05 Å². The first-order valence-corrected chi connectivity index (χ1v) is 35.0. The predicted molar refractivity (Wildman–Crippen MR) is 51.6 cm³/mol. The van der Waals surface area contributed by atoms with Crippen molar-refractivity contribution in [1.82, 2.24) is 0 Å². The zero-order valence-corrected chi connectivity index (χ0v) is 15.9. The summed E-state index contributed by atoms with van der Waals surface area (Å²) in [4.78, 5) is 0. The standard InChI is InChI=1S/CH5N.4BrH.Pb.Tm/c1-2;;;;;;/h2H2,1H3;4*1H;;/q;;;;;+4;/p-4. The fraction of sp³-hybridized carbons (Fsp3) is 1.00. The van der Waals surface area contributed by atoms with Crippen LogP contribution in [0, 0.1) is 36.9 Å². The van der Waals surface area contributed by atoms with Crippen molar-refractivity contribution in [2.24, 2.45) is 5.73 Å². The van der Waals surface area contributed by atoms with Gasteiger partial charge in [-0.3, -0.25) is 0 Å². The fourth-order valence-electron chi connectivity index (χ4n) is 0. The number of halogens is 4. The van der Waals surface area contributed by atoms with Crippen LogP contribution in [0.3, 0.4) is 0 Å². The summed E-state index contributed by atoms with van der Waals surface area (Å²) in [6, 6.07) is 0. The molecule has 0 bridgehead atoms. The number of rotatable bonds is 0. The molecule has 1 nitrogen and oxygen atoms in total. The van der Waals surface area contributed by atoms with Gasteiger partial charge < -0.3 is 5.73 Å². The van der Waals surface area contributed by atoms with Gasteiger partial charge in [0.05, 0.1) is 0 Å². The summed E-state index contributed by atoms with van der Waals surface area (Å²) >= 11 is 11.4. The Bertz CT molecular complexity index is 31.5. The number of nitrogens with two attached hydrogens (primary N) is 1. The van der Waals surface area contributed by atoms with Gasteiger partial charge in [-0.25, -0.2) is 0 Å². The van der Waals surface area contributed by atoms with E-state index in [4.69, 9.17) is 0 Å². The molecule has 0 atom stereocenters. The van der Waals surface area contributed by atoms with Gasteiger partial charge in [-0.2, -0.15) is 0 Å². The maximum atomic E-state index is 4.50. The Kier molecular flexibility index (Phi) is 24.8. The third-order valence-corrected chi connectivity index (χ3v) is 0. The van der Waals surface area contributed by atoms with Crippen LogP contribution in [-0.2, 0) is 0 Å². The largest absolute Gasteiger partial charge is 0 e. The van der Waals surface area contributed by atoms with Crippen molar-refractivity contribution in [2.45, 2.75) is 0 Å². The van der Waals surface area contributed by atoms with E-state index in [-0.39, 0.29) is 36.9 Å². The summed E-state index contributed by atoms with van der Waals surface area (Å²) in [6.07, 6.45) is 0. The number of hydrogen-bond donors (Lipinski definition) is 1. The van der Waals surface area contributed by atoms with Gasteiger partial charge in [-0.1, -0.05) is 0 Å². The predicted octanol–water partition coefficient (Wildman–Crippen LogP) is 2.58. The van der Waals surface area contributed by atoms with Gasteiger partial charge >= 0.3 is 59.5 Å². The summed E-state index contributed by atoms with van der Waals surface area (Å²) in [5.74, 6) is 0. The summed E-state index contributed by atoms with van der Waals surface area (Å²) in [7, 11) is 1.50. The molecule has 1 radical (unpaired) electrons. The van der Waals surface area contributed by atoms with Gasteiger partial charge in [0.2, 0.25) is 0 Å². The molecular formula is CH5Br4NPbTm. The first-order valence-electron chi connectivity index (χ1n) is 1.33. The molecule has 0 aliphatic heterocycles. The second kappa shape index (κ2) is 11.0. The molecule has 0 saturated heterocycles. The molecule has 0 spiro atoms. The molecule has 0 aliphatic rings. The average Bonchev–Trinajstić information content (AvgIpc) is 1.36. The Morgan fingerprint density at radius 2 is 1.00 bits per heavy atom. The average molecular weight is 727 g/mol. The van der Waals surface area contributed by atoms with Crippen LogP contribution in [0.5, 0.6) is 0 Å². The van der Waals surface area contributed by atoms with Gasteiger partial charge in [-0.05, 0) is 7.05 Å². The normalized spacial score (nSPS) is 8.25. The van der Waals surface area contributed by atoms with Crippen molar-refractivity contribution in [3.05, 3.63) is 0 Å². The van der Waals surface area contributed by atoms with E-state index in [9.17, 15) is 0 Å². The van der Waals surface area contributed by atoms with Crippen molar-refractivity contribution < 1.29 is 36.9 Å². The second-order valence-electron chi connectivity index (χ2n) is 0.429. The Balaban J connectivity index is -0.0000000750. The van der Waals surface area contributed by atoms with Gasteiger partial charge in [-0.15, -0.1) is 0 Å². The van der Waals surface area contributed by atoms with E-state index in [2.05, 4.69) is 53.7 Å². The van der Waals surface area contributed by atoms with E-state index in [1.54, 1.807) is 0 Å². The van der Waals surface area contributed by atoms with Gasteiger partial charge in [0.15, 0.2) is 0 Å². The summed E-state index contributed by atoms with van der Waals surface area (Å²) in [5.41, 5.74) is 4.50. The summed E-state index contributed by atoms with van der Waals surface area (Å²) in [6.45, 7) is 0. The van der Waals surface area contributed by atoms with Crippen molar-refractivity contribution in [3.63, 3.8) is 0 Å². The molecule has 0 aromatic rings. The van der Waals surface area contributed by atoms with E-state index in [0.29, 0.717) is 0 Å². The van der Waals surface area contributed by atoms with Crippen LogP contribution in [0.25, 0.3) is 0 Å². The molecule has 0 amide bonds. The Labute approximate surface area is 106 Å². The van der Waals surface area contributed by atoms with Crippen LogP contribution >= 0.6 is 47.9 Å². The van der Waals surface area contributed by atoms with E-state index in [0.717, 1.165) is 0 Å². The van der Waals surface area contributed by atoms with Crippen LogP contribution in [0.15, 0.2) is 0 Å². The topological polar surface area (TPSA) is 26.0 Å². The van der Waals surface area contributed by atoms with E-state index in [1.807, 2.05) is 0 Å². The Hall–Kier alpha value is 4.04. The number of hydrogen-bond acceptors (Lipinski definition) is 1. The van der Waals surface area contributed by atoms with E-state index in [1.165, 1.54) is 7.05 Å². The fourth-order valence-corrected chi connectivity index (χ4v) is 0. The van der Waals surface area contributed by atoms with Gasteiger partial charge in [0.25, 0.3) is 0 Å². The van der Waals surface area contributed by atoms with Crippen LogP contribution in [0.1, 0.15) is 0 Å². The van der Waals surface area contributed by atoms with Crippen LogP contribution in [-0.4, -0.2) is 18.6 Å². The maximum absolute atomic E-state index is 4.50. The van der Waals surface area contributed by atoms with E-state index >= 15 is 0 Å². The monoisotopic (exact) mass is 724 g/mol. The minimum Gasteiger partial charge on any atom is 0 e. The zero-order valence-electron chi connectivity index (χ0n) is 3.87. The first kappa shape index (κ1) is 18.0. The molecule has 8 heavy (non-hydrogen) atoms. The van der Waals surface area contributed by atoms with Crippen LogP contribution in [0.2, 0.25) is 0 Å². The first-order chi connectivity index (χ1) is 3.00. The molecule has 2 N–H and O–H groups in total. The summed E-state index contributed by atoms with van der Waals surface area (Å²) < 4.78 is 0. The molecule has 0 heterocycles. The molecule has 59 valence electrons. The third kappa shape index (κ3) is 50.3. The Morgan fingerprint density at radius 3 is 1.00 bits per heavy atom. The molecule has 0 saturated carbocycles. The maximum Gasteiger partial charge on any atom is 0 e. The van der Waals surface area contributed by atoms with Gasteiger partial charge in [0, 0.05) is 36.9 Å². The molecule has 0 rings (SSSR count). The van der Waals surface area contributed by atoms with Crippen LogP contribution in [0.4, 0.5) is 0 Å². The SMILES string of the molecule is CN.[Br][Pb]([Br])([Br])[Br].[Tm]. The van der Waals surface area contributed by atoms with E-state index < -0.39 is 11.5 Å². The molecule has 0 aromatic heterocycles. The third-order valence-electron chi connectivity index (χ3n) is 0. The second-order valence-corrected chi connectivity index (χ2v) is 102. The van der Waals surface area contributed by atoms with Crippen molar-refractivity contribution in [1.29, 1.82) is 0 Å². The smallest absolute Gasteiger partial charge is 0 e. The zero-order chi connectivity index (χ0) is 6.50. The minimum atomic E-state index is -2.03. The van der Waals surface area contributed by atoms with Crippen molar-refractivity contribution in [3.8, 4) is 0 Å². The van der Waals surface area contributed by atoms with Gasteiger partial charge in [0.1, 0.15) is 0 Å². The Morgan fingerprint density at radius 1 is 1.00 bits per heavy atom. The molecule has 0 fully saturated rings. The molecule has 0 aromatic carbocycles.